The molecule has 32 nitrogen and oxygen atoms in total. The van der Waals surface area contributed by atoms with Crippen LogP contribution in [0.4, 0.5) is 0 Å². The van der Waals surface area contributed by atoms with Crippen molar-refractivity contribution in [1.29, 1.82) is 10.8 Å². The SMILES string of the molecule is BC1CC(OP(O)(=S)OC)C(COP(O)(=S)OC2CC(B)OC2COP(O)(=S)OC2CC(B)OC2COC/N=C\C2(O)C(C)OC(OC3C(O)C(O)C(NC(=N)N)C(O)C3NC(=N)N)C2OC2OC(CO)C(O)C(O)C2NC)O1. The highest BCUT2D eigenvalue weighted by molar-refractivity contribution is 8.07. The summed E-state index contributed by atoms with van der Waals surface area (Å²) in [6.07, 6.45) is -21.0. The summed E-state index contributed by atoms with van der Waals surface area (Å²) in [5, 5.41) is 101. The highest BCUT2D eigenvalue weighted by atomic mass is 32.5. The molecule has 1 aliphatic carbocycles. The predicted molar refractivity (Wildman–Crippen MR) is 293 cm³/mol. The molecule has 1 saturated carbocycles. The number of hydrogen-bond acceptors (Lipinski definition) is 28. The van der Waals surface area contributed by atoms with Gasteiger partial charge in [-0.25, -0.2) is 0 Å². The summed E-state index contributed by atoms with van der Waals surface area (Å²) < 4.78 is 81.6. The maximum absolute atomic E-state index is 12.4. The number of aliphatic hydroxyl groups is 7. The van der Waals surface area contributed by atoms with Gasteiger partial charge in [0.1, 0.15) is 91.3 Å². The number of rotatable bonds is 26. The van der Waals surface area contributed by atoms with Crippen LogP contribution >= 0.6 is 20.2 Å². The first kappa shape index (κ1) is 67.5. The molecule has 5 saturated heterocycles. The monoisotopic (exact) mass is 1250 g/mol. The van der Waals surface area contributed by atoms with Gasteiger partial charge in [-0.1, -0.05) is 0 Å². The number of guanidine groups is 2. The van der Waals surface area contributed by atoms with Crippen LogP contribution in [0.3, 0.4) is 0 Å². The summed E-state index contributed by atoms with van der Waals surface area (Å²) in [6, 6.07) is -5.22. The van der Waals surface area contributed by atoms with Gasteiger partial charge in [0.15, 0.2) is 30.1 Å². The van der Waals surface area contributed by atoms with E-state index >= 15 is 0 Å². The minimum absolute atomic E-state index is 0.186. The summed E-state index contributed by atoms with van der Waals surface area (Å²) in [7, 11) is 7.97. The van der Waals surface area contributed by atoms with Crippen molar-refractivity contribution in [3.05, 3.63) is 0 Å². The molecule has 452 valence electrons. The molecule has 0 radical (unpaired) electrons. The second-order valence-corrected chi connectivity index (χ2v) is 28.4. The maximum atomic E-state index is 12.4. The molecular weight excluding hydrogens is 1170 g/mol. The number of likely N-dealkylation sites (N-methyl/N-ethyl adjacent to an activating group) is 1. The Bertz CT molecular complexity index is 2240. The first-order valence-electron chi connectivity index (χ1n) is 25.1. The van der Waals surface area contributed by atoms with Crippen LogP contribution in [-0.4, -0.2) is 285 Å². The molecule has 5 aliphatic heterocycles. The molecule has 79 heavy (non-hydrogen) atoms. The van der Waals surface area contributed by atoms with E-state index in [2.05, 4.69) is 20.9 Å². The van der Waals surface area contributed by atoms with Crippen molar-refractivity contribution >= 4 is 97.2 Å². The van der Waals surface area contributed by atoms with Gasteiger partial charge in [0.2, 0.25) is 0 Å². The lowest BCUT2D eigenvalue weighted by Gasteiger charge is -2.47. The summed E-state index contributed by atoms with van der Waals surface area (Å²) in [5.41, 5.74) is 8.80. The maximum Gasteiger partial charge on any atom is 0.324 e. The van der Waals surface area contributed by atoms with Gasteiger partial charge in [-0.15, -0.1) is 0 Å². The number of ether oxygens (including phenoxy) is 8. The summed E-state index contributed by atoms with van der Waals surface area (Å²) >= 11 is 15.7. The van der Waals surface area contributed by atoms with Gasteiger partial charge >= 0.3 is 20.2 Å². The number of nitrogens with one attached hydrogen (secondary N) is 5. The van der Waals surface area contributed by atoms with Crippen molar-refractivity contribution in [3.63, 3.8) is 0 Å². The van der Waals surface area contributed by atoms with Crippen LogP contribution in [0.5, 0.6) is 0 Å². The Morgan fingerprint density at radius 1 is 0.684 bits per heavy atom. The first-order valence-corrected chi connectivity index (χ1v) is 32.9. The predicted octanol–water partition coefficient (Wildman–Crippen LogP) is -9.17. The minimum atomic E-state index is -4.04. The second-order valence-electron chi connectivity index (χ2n) is 19.9. The normalized spacial score (nSPS) is 44.0. The molecule has 0 bridgehead atoms. The number of nitrogens with zero attached hydrogens (tertiary/aromatic N) is 1. The van der Waals surface area contributed by atoms with Crippen LogP contribution in [0.25, 0.3) is 0 Å². The molecule has 0 aromatic heterocycles. The molecule has 0 aromatic carbocycles. The van der Waals surface area contributed by atoms with Gasteiger partial charge < -0.3 is 143 Å². The molecule has 27 unspecified atom stereocenters. The number of hydrogen-bond donors (Lipinski definition) is 17. The molecule has 6 fully saturated rings. The number of aliphatic imine (C=N–C) groups is 1. The zero-order valence-electron chi connectivity index (χ0n) is 43.9. The second kappa shape index (κ2) is 28.7. The van der Waals surface area contributed by atoms with E-state index in [-0.39, 0.29) is 44.7 Å². The van der Waals surface area contributed by atoms with E-state index in [1.807, 2.05) is 0 Å². The number of aliphatic hydroxyl groups excluding tert-OH is 6. The fourth-order valence-electron chi connectivity index (χ4n) is 10.1. The van der Waals surface area contributed by atoms with Crippen LogP contribution in [0.1, 0.15) is 26.2 Å². The third-order valence-electron chi connectivity index (χ3n) is 14.0. The van der Waals surface area contributed by atoms with Gasteiger partial charge in [-0.3, -0.25) is 15.8 Å². The lowest BCUT2D eigenvalue weighted by Crippen LogP contribution is -2.73. The molecule has 0 aromatic rings. The van der Waals surface area contributed by atoms with Gasteiger partial charge in [0, 0.05) is 31.3 Å². The summed E-state index contributed by atoms with van der Waals surface area (Å²) in [4.78, 5) is 36.8. The fourth-order valence-corrected chi connectivity index (χ4v) is 14.0. The summed E-state index contributed by atoms with van der Waals surface area (Å²) in [5.74, 6) is -1.35. The van der Waals surface area contributed by atoms with E-state index in [1.165, 1.54) is 21.1 Å². The van der Waals surface area contributed by atoms with E-state index in [1.54, 1.807) is 23.5 Å². The van der Waals surface area contributed by atoms with Gasteiger partial charge in [-0.2, -0.15) is 0 Å². The van der Waals surface area contributed by atoms with Crippen molar-refractivity contribution in [2.75, 3.05) is 47.3 Å². The van der Waals surface area contributed by atoms with Crippen LogP contribution in [-0.2, 0) is 100 Å². The topological polar surface area (TPSA) is 480 Å². The van der Waals surface area contributed by atoms with Crippen molar-refractivity contribution in [2.45, 2.75) is 172 Å². The highest BCUT2D eigenvalue weighted by Crippen LogP contribution is 2.52. The average Bonchev–Trinajstić information content (AvgIpc) is 4.09. The Labute approximate surface area is 473 Å². The molecule has 5 heterocycles. The number of nitrogens with two attached hydrogens (primary N) is 2. The van der Waals surface area contributed by atoms with Crippen LogP contribution < -0.4 is 27.4 Å². The fraction of sp³-hybridized carbons (Fsp3) is 0.921. The highest BCUT2D eigenvalue weighted by Gasteiger charge is 2.60. The molecule has 0 spiro atoms. The van der Waals surface area contributed by atoms with E-state index in [0.717, 1.165) is 6.21 Å². The van der Waals surface area contributed by atoms with Crippen molar-refractivity contribution in [1.82, 2.24) is 16.0 Å². The largest absolute Gasteiger partial charge is 0.394 e. The molecule has 6 rings (SSSR count). The standard InChI is InChI=1S/C38H74B3N8O24P3S3/c1-13-38(56,33(70-34-26(46-2)30(54)27(51)17(7-50)68-34)35(64-13)69-32-25(49-37(44)45)28(52)24(48-36(42)43)29(53)31(32)55)11-47-12-61-8-18-14(4-21(39)65-18)72-75(58,78)63-10-20-16(6-23(41)67-20)73-76(59,79)62-9-19-15(5-22(40)66-19)71-74(57,77)60-3/h11,13-35,46,50-56H,4-10,12,39-41H2,1-3H3,(H,57,77)(H,58,78)(H,59,79)(H4,42,43,48)(H4,44,45,49)/b47-11-. The summed E-state index contributed by atoms with van der Waals surface area (Å²) in [6.45, 7) is -12.1. The molecule has 0 amide bonds. The molecular formula is C38H74B3N8O24P3S3. The lowest BCUT2D eigenvalue weighted by molar-refractivity contribution is -0.313. The Balaban J connectivity index is 1.09. The van der Waals surface area contributed by atoms with E-state index < -0.39 is 179 Å². The van der Waals surface area contributed by atoms with Gasteiger partial charge in [0.05, 0.1) is 75.1 Å². The Hall–Kier alpha value is -0.645. The van der Waals surface area contributed by atoms with E-state index in [9.17, 15) is 50.4 Å². The first-order chi connectivity index (χ1) is 36.9. The van der Waals surface area contributed by atoms with Crippen LogP contribution in [0.15, 0.2) is 4.99 Å². The zero-order valence-corrected chi connectivity index (χ0v) is 49.0. The Morgan fingerprint density at radius 3 is 1.65 bits per heavy atom. The minimum Gasteiger partial charge on any atom is -0.394 e. The van der Waals surface area contributed by atoms with E-state index in [4.69, 9.17) is 123 Å². The third kappa shape index (κ3) is 17.5. The zero-order chi connectivity index (χ0) is 58.5. The molecule has 41 heteroatoms. The smallest absolute Gasteiger partial charge is 0.324 e. The third-order valence-corrected chi connectivity index (χ3v) is 18.9. The molecule has 6 aliphatic rings. The van der Waals surface area contributed by atoms with Crippen molar-refractivity contribution < 1.29 is 115 Å². The average molecular weight is 1250 g/mol. The van der Waals surface area contributed by atoms with Crippen molar-refractivity contribution in [2.24, 2.45) is 16.5 Å². The van der Waals surface area contributed by atoms with E-state index in [0.29, 0.717) is 6.42 Å². The molecule has 27 atom stereocenters. The Kier molecular flexibility index (Phi) is 24.5. The van der Waals surface area contributed by atoms with Crippen molar-refractivity contribution in [3.8, 4) is 0 Å². The van der Waals surface area contributed by atoms with Gasteiger partial charge in [-0.05, 0) is 68.7 Å². The Morgan fingerprint density at radius 2 is 1.16 bits per heavy atom. The lowest BCUT2D eigenvalue weighted by atomic mass is 9.81. The quantitative estimate of drug-likeness (QED) is 0.0126. The molecule has 19 N–H and O–H groups in total. The van der Waals surface area contributed by atoms with Crippen LogP contribution in [0, 0.1) is 10.8 Å². The van der Waals surface area contributed by atoms with Gasteiger partial charge in [0.25, 0.3) is 0 Å². The van der Waals surface area contributed by atoms with Crippen LogP contribution in [0.2, 0.25) is 0 Å².